The molecule has 0 unspecified atom stereocenters. The number of piperidine rings is 1. The smallest absolute Gasteiger partial charge is 0.317 e. The van der Waals surface area contributed by atoms with E-state index in [1.165, 1.54) is 5.56 Å². The second kappa shape index (κ2) is 7.09. The van der Waals surface area contributed by atoms with Crippen molar-refractivity contribution in [3.63, 3.8) is 0 Å². The molecule has 0 aliphatic carbocycles. The van der Waals surface area contributed by atoms with Crippen LogP contribution in [-0.2, 0) is 6.42 Å². The molecule has 5 nitrogen and oxygen atoms in total. The zero-order valence-corrected chi connectivity index (χ0v) is 11.1. The van der Waals surface area contributed by atoms with Crippen molar-refractivity contribution in [2.45, 2.75) is 31.8 Å². The highest BCUT2D eigenvalue weighted by Crippen LogP contribution is 2.09. The Bertz CT molecular complexity index is 397. The number of hydrogen-bond donors (Lipinski definition) is 2. The quantitative estimate of drug-likeness (QED) is 0.802. The molecule has 19 heavy (non-hydrogen) atoms. The van der Waals surface area contributed by atoms with E-state index in [9.17, 15) is 9.90 Å². The van der Waals surface area contributed by atoms with E-state index in [1.807, 2.05) is 18.3 Å². The molecule has 1 aromatic heterocycles. The summed E-state index contributed by atoms with van der Waals surface area (Å²) in [5, 5.41) is 12.4. The lowest BCUT2D eigenvalue weighted by Gasteiger charge is -2.30. The topological polar surface area (TPSA) is 65.5 Å². The average molecular weight is 263 g/mol. The van der Waals surface area contributed by atoms with E-state index in [0.717, 1.165) is 32.2 Å². The van der Waals surface area contributed by atoms with Gasteiger partial charge in [0, 0.05) is 32.0 Å². The Morgan fingerprint density at radius 3 is 3.21 bits per heavy atom. The molecule has 0 spiro atoms. The van der Waals surface area contributed by atoms with Crippen molar-refractivity contribution in [3.8, 4) is 0 Å². The van der Waals surface area contributed by atoms with E-state index in [2.05, 4.69) is 10.3 Å². The number of carbonyl (C=O) groups is 1. The van der Waals surface area contributed by atoms with E-state index < -0.39 is 0 Å². The number of hydrogen-bond acceptors (Lipinski definition) is 3. The van der Waals surface area contributed by atoms with Gasteiger partial charge in [-0.05, 0) is 37.3 Å². The first-order valence-corrected chi connectivity index (χ1v) is 6.85. The maximum atomic E-state index is 11.8. The molecule has 1 aliphatic heterocycles. The fourth-order valence-corrected chi connectivity index (χ4v) is 2.28. The van der Waals surface area contributed by atoms with Crippen LogP contribution in [0.15, 0.2) is 24.5 Å². The third-order valence-electron chi connectivity index (χ3n) is 3.32. The summed E-state index contributed by atoms with van der Waals surface area (Å²) in [5.41, 5.74) is 1.19. The molecule has 5 heteroatoms. The van der Waals surface area contributed by atoms with Crippen molar-refractivity contribution in [3.05, 3.63) is 30.1 Å². The number of β-amino-alcohol motifs (C(OH)–C–C–N with tert-alkyl or cyclic N) is 1. The first-order valence-electron chi connectivity index (χ1n) is 6.85. The normalized spacial score (nSPS) is 19.2. The lowest BCUT2D eigenvalue weighted by molar-refractivity contribution is 0.0843. The minimum absolute atomic E-state index is 0.0649. The molecule has 2 amide bonds. The molecule has 0 aromatic carbocycles. The zero-order chi connectivity index (χ0) is 13.5. The molecule has 0 bridgehead atoms. The molecule has 0 saturated carbocycles. The van der Waals surface area contributed by atoms with Crippen LogP contribution in [0.1, 0.15) is 24.8 Å². The fraction of sp³-hybridized carbons (Fsp3) is 0.571. The Labute approximate surface area is 113 Å². The molecule has 1 aliphatic rings. The van der Waals surface area contributed by atoms with Crippen LogP contribution < -0.4 is 5.32 Å². The van der Waals surface area contributed by atoms with Crippen LogP contribution >= 0.6 is 0 Å². The van der Waals surface area contributed by atoms with Gasteiger partial charge in [0.2, 0.25) is 0 Å². The summed E-state index contributed by atoms with van der Waals surface area (Å²) in [6.45, 7) is 1.85. The van der Waals surface area contributed by atoms with Gasteiger partial charge in [-0.3, -0.25) is 4.98 Å². The number of pyridine rings is 1. The lowest BCUT2D eigenvalue weighted by Crippen LogP contribution is -2.47. The molecular formula is C14H21N3O2. The second-order valence-corrected chi connectivity index (χ2v) is 4.94. The summed E-state index contributed by atoms with van der Waals surface area (Å²) >= 11 is 0. The maximum absolute atomic E-state index is 11.8. The summed E-state index contributed by atoms with van der Waals surface area (Å²) in [6, 6.07) is 3.89. The maximum Gasteiger partial charge on any atom is 0.317 e. The summed E-state index contributed by atoms with van der Waals surface area (Å²) in [5.74, 6) is 0. The SMILES string of the molecule is O=C(NCCCc1cccnc1)N1CCC[C@H](O)C1. The number of nitrogens with one attached hydrogen (secondary N) is 1. The number of aryl methyl sites for hydroxylation is 1. The van der Waals surface area contributed by atoms with Crippen LogP contribution in [0.5, 0.6) is 0 Å². The Balaban J connectivity index is 1.64. The molecule has 1 aromatic rings. The number of aromatic nitrogens is 1. The Hall–Kier alpha value is -1.62. The van der Waals surface area contributed by atoms with Crippen molar-refractivity contribution in [2.24, 2.45) is 0 Å². The van der Waals surface area contributed by atoms with Gasteiger partial charge >= 0.3 is 6.03 Å². The lowest BCUT2D eigenvalue weighted by atomic mass is 10.1. The Kier molecular flexibility index (Phi) is 5.15. The predicted octanol–water partition coefficient (Wildman–Crippen LogP) is 1.18. The van der Waals surface area contributed by atoms with Gasteiger partial charge in [-0.15, -0.1) is 0 Å². The van der Waals surface area contributed by atoms with E-state index in [1.54, 1.807) is 11.1 Å². The number of urea groups is 1. The van der Waals surface area contributed by atoms with Gasteiger partial charge in [0.15, 0.2) is 0 Å². The van der Waals surface area contributed by atoms with E-state index in [-0.39, 0.29) is 12.1 Å². The minimum Gasteiger partial charge on any atom is -0.391 e. The molecule has 104 valence electrons. The molecule has 2 N–H and O–H groups in total. The monoisotopic (exact) mass is 263 g/mol. The van der Waals surface area contributed by atoms with E-state index >= 15 is 0 Å². The van der Waals surface area contributed by atoms with Gasteiger partial charge in [-0.1, -0.05) is 6.07 Å². The molecule has 0 radical (unpaired) electrons. The van der Waals surface area contributed by atoms with Gasteiger partial charge in [-0.2, -0.15) is 0 Å². The number of aliphatic hydroxyl groups excluding tert-OH is 1. The number of rotatable bonds is 4. The first-order chi connectivity index (χ1) is 9.25. The van der Waals surface area contributed by atoms with Gasteiger partial charge in [0.25, 0.3) is 0 Å². The van der Waals surface area contributed by atoms with Gasteiger partial charge in [-0.25, -0.2) is 4.79 Å². The molecular weight excluding hydrogens is 242 g/mol. The third kappa shape index (κ3) is 4.52. The largest absolute Gasteiger partial charge is 0.391 e. The van der Waals surface area contributed by atoms with Crippen LogP contribution in [-0.4, -0.2) is 46.8 Å². The highest BCUT2D eigenvalue weighted by molar-refractivity contribution is 5.74. The van der Waals surface area contributed by atoms with Crippen molar-refractivity contribution < 1.29 is 9.90 Å². The Morgan fingerprint density at radius 2 is 2.47 bits per heavy atom. The number of aliphatic hydroxyl groups is 1. The highest BCUT2D eigenvalue weighted by atomic mass is 16.3. The van der Waals surface area contributed by atoms with Gasteiger partial charge in [0.1, 0.15) is 0 Å². The molecule has 2 heterocycles. The van der Waals surface area contributed by atoms with Crippen molar-refractivity contribution >= 4 is 6.03 Å². The van der Waals surface area contributed by atoms with Crippen LogP contribution in [0, 0.1) is 0 Å². The average Bonchev–Trinajstić information content (AvgIpc) is 2.44. The third-order valence-corrected chi connectivity index (χ3v) is 3.32. The molecule has 1 saturated heterocycles. The van der Waals surface area contributed by atoms with Gasteiger partial charge < -0.3 is 15.3 Å². The number of nitrogens with zero attached hydrogens (tertiary/aromatic N) is 2. The summed E-state index contributed by atoms with van der Waals surface area (Å²) < 4.78 is 0. The zero-order valence-electron chi connectivity index (χ0n) is 11.1. The predicted molar refractivity (Wildman–Crippen MR) is 72.8 cm³/mol. The van der Waals surface area contributed by atoms with Crippen molar-refractivity contribution in [1.82, 2.24) is 15.2 Å². The number of carbonyl (C=O) groups excluding carboxylic acids is 1. The number of amides is 2. The first kappa shape index (κ1) is 13.8. The standard InChI is InChI=1S/C14H21N3O2/c18-13-6-3-9-17(11-13)14(19)16-8-2-5-12-4-1-7-15-10-12/h1,4,7,10,13,18H,2-3,5-6,8-9,11H2,(H,16,19)/t13-/m0/s1. The summed E-state index contributed by atoms with van der Waals surface area (Å²) in [6.07, 6.45) is 6.73. The highest BCUT2D eigenvalue weighted by Gasteiger charge is 2.21. The fourth-order valence-electron chi connectivity index (χ4n) is 2.28. The molecule has 2 rings (SSSR count). The second-order valence-electron chi connectivity index (χ2n) is 4.94. The molecule has 1 fully saturated rings. The minimum atomic E-state index is -0.366. The summed E-state index contributed by atoms with van der Waals surface area (Å²) in [7, 11) is 0. The van der Waals surface area contributed by atoms with Crippen LogP contribution in [0.3, 0.4) is 0 Å². The van der Waals surface area contributed by atoms with Crippen LogP contribution in [0.4, 0.5) is 4.79 Å². The van der Waals surface area contributed by atoms with Crippen molar-refractivity contribution in [2.75, 3.05) is 19.6 Å². The summed E-state index contributed by atoms with van der Waals surface area (Å²) in [4.78, 5) is 17.6. The van der Waals surface area contributed by atoms with Gasteiger partial charge in [0.05, 0.1) is 6.10 Å². The number of likely N-dealkylation sites (tertiary alicyclic amines) is 1. The van der Waals surface area contributed by atoms with E-state index in [0.29, 0.717) is 13.1 Å². The van der Waals surface area contributed by atoms with Crippen molar-refractivity contribution in [1.29, 1.82) is 0 Å². The van der Waals surface area contributed by atoms with E-state index in [4.69, 9.17) is 0 Å². The van der Waals surface area contributed by atoms with Crippen LogP contribution in [0.25, 0.3) is 0 Å². The Morgan fingerprint density at radius 1 is 1.58 bits per heavy atom. The van der Waals surface area contributed by atoms with Crippen LogP contribution in [0.2, 0.25) is 0 Å². The molecule has 1 atom stereocenters.